The van der Waals surface area contributed by atoms with E-state index in [0.717, 1.165) is 5.56 Å². The molecule has 8 heteroatoms. The lowest BCUT2D eigenvalue weighted by Crippen LogP contribution is -2.56. The van der Waals surface area contributed by atoms with Crippen molar-refractivity contribution in [2.24, 2.45) is 11.1 Å². The molecule has 1 heterocycles. The van der Waals surface area contributed by atoms with Gasteiger partial charge in [-0.3, -0.25) is 19.2 Å². The van der Waals surface area contributed by atoms with Crippen molar-refractivity contribution in [1.29, 1.82) is 0 Å². The van der Waals surface area contributed by atoms with Crippen LogP contribution in [0.1, 0.15) is 36.2 Å². The molecule has 1 fully saturated rings. The Morgan fingerprint density at radius 2 is 1.68 bits per heavy atom. The third kappa shape index (κ3) is 6.08. The Labute approximate surface area is 199 Å². The minimum Gasteiger partial charge on any atom is -0.367 e. The molecule has 1 saturated heterocycles. The molecule has 8 nitrogen and oxygen atoms in total. The van der Waals surface area contributed by atoms with Gasteiger partial charge in [0.05, 0.1) is 0 Å². The van der Waals surface area contributed by atoms with E-state index < -0.39 is 41.7 Å². The van der Waals surface area contributed by atoms with Gasteiger partial charge in [0, 0.05) is 12.6 Å². The van der Waals surface area contributed by atoms with Gasteiger partial charge in [-0.2, -0.15) is 0 Å². The number of ketones is 1. The molecule has 2 aromatic rings. The van der Waals surface area contributed by atoms with Gasteiger partial charge in [-0.1, -0.05) is 62.4 Å². The molecule has 1 aliphatic rings. The number of hydrogen-bond acceptors (Lipinski definition) is 5. The molecule has 3 N–H and O–H groups in total. The van der Waals surface area contributed by atoms with Crippen LogP contribution in [-0.4, -0.2) is 60.2 Å². The van der Waals surface area contributed by atoms with Crippen molar-refractivity contribution >= 4 is 23.5 Å². The van der Waals surface area contributed by atoms with Gasteiger partial charge in [-0.15, -0.1) is 0 Å². The summed E-state index contributed by atoms with van der Waals surface area (Å²) in [7, 11) is 1.43. The van der Waals surface area contributed by atoms with Crippen LogP contribution in [-0.2, 0) is 25.5 Å². The summed E-state index contributed by atoms with van der Waals surface area (Å²) in [6.07, 6.45) is -0.228. The number of carbonyl (C=O) groups excluding carboxylic acids is 4. The molecule has 180 valence electrons. The second-order valence-electron chi connectivity index (χ2n) is 9.42. The minimum atomic E-state index is -1.22. The molecular formula is C26H31N3O5. The maximum atomic E-state index is 13.6. The fourth-order valence-electron chi connectivity index (χ4n) is 4.36. The van der Waals surface area contributed by atoms with Crippen LogP contribution in [0.15, 0.2) is 60.7 Å². The molecule has 3 rings (SSSR count). The quantitative estimate of drug-likeness (QED) is 0.585. The van der Waals surface area contributed by atoms with Gasteiger partial charge in [0.25, 0.3) is 5.91 Å². The zero-order valence-corrected chi connectivity index (χ0v) is 19.7. The second kappa shape index (κ2) is 10.6. The molecule has 1 aliphatic heterocycles. The van der Waals surface area contributed by atoms with E-state index in [0.29, 0.717) is 18.4 Å². The van der Waals surface area contributed by atoms with Gasteiger partial charge in [-0.25, -0.2) is 0 Å². The highest BCUT2D eigenvalue weighted by Crippen LogP contribution is 2.29. The van der Waals surface area contributed by atoms with Crippen molar-refractivity contribution in [3.63, 3.8) is 0 Å². The summed E-state index contributed by atoms with van der Waals surface area (Å²) >= 11 is 0. The average molecular weight is 466 g/mol. The van der Waals surface area contributed by atoms with Crippen LogP contribution in [0.3, 0.4) is 0 Å². The number of Topliss-reactive ketones (excluding diaryl/α,β-unsaturated/α-hetero) is 1. The van der Waals surface area contributed by atoms with Crippen molar-refractivity contribution in [2.45, 2.75) is 44.9 Å². The third-order valence-corrected chi connectivity index (χ3v) is 5.99. The zero-order chi connectivity index (χ0) is 24.9. The third-order valence-electron chi connectivity index (χ3n) is 5.99. The summed E-state index contributed by atoms with van der Waals surface area (Å²) < 4.78 is 5.22. The van der Waals surface area contributed by atoms with Gasteiger partial charge in [0.15, 0.2) is 11.9 Å². The van der Waals surface area contributed by atoms with Gasteiger partial charge in [0.2, 0.25) is 11.8 Å². The number of likely N-dealkylation sites (N-methyl/N-ethyl adjacent to an activating group) is 1. The Hall–Kier alpha value is -3.52. The van der Waals surface area contributed by atoms with E-state index >= 15 is 0 Å². The predicted molar refractivity (Wildman–Crippen MR) is 127 cm³/mol. The molecule has 0 spiro atoms. The number of benzene rings is 2. The number of carbonyl (C=O) groups is 4. The summed E-state index contributed by atoms with van der Waals surface area (Å²) in [5.41, 5.74) is 6.54. The fourth-order valence-corrected chi connectivity index (χ4v) is 4.36. The highest BCUT2D eigenvalue weighted by Gasteiger charge is 2.45. The topological polar surface area (TPSA) is 119 Å². The number of primary amides is 1. The number of rotatable bonds is 9. The van der Waals surface area contributed by atoms with E-state index in [1.807, 2.05) is 44.2 Å². The largest absolute Gasteiger partial charge is 0.367 e. The normalized spacial score (nSPS) is 18.9. The highest BCUT2D eigenvalue weighted by atomic mass is 16.5. The van der Waals surface area contributed by atoms with Gasteiger partial charge < -0.3 is 20.7 Å². The van der Waals surface area contributed by atoms with Crippen LogP contribution in [0, 0.1) is 5.41 Å². The maximum Gasteiger partial charge on any atom is 0.251 e. The summed E-state index contributed by atoms with van der Waals surface area (Å²) in [5, 5.41) is 2.84. The minimum absolute atomic E-state index is 0.295. The van der Waals surface area contributed by atoms with E-state index in [4.69, 9.17) is 10.5 Å². The van der Waals surface area contributed by atoms with E-state index in [1.54, 1.807) is 30.3 Å². The molecular weight excluding hydrogens is 434 g/mol. The number of ether oxygens (including phenoxy) is 1. The van der Waals surface area contributed by atoms with Crippen molar-refractivity contribution in [3.05, 3.63) is 71.8 Å². The number of hydrogen-bond donors (Lipinski definition) is 2. The van der Waals surface area contributed by atoms with E-state index in [9.17, 15) is 19.2 Å². The van der Waals surface area contributed by atoms with E-state index in [-0.39, 0.29) is 12.0 Å². The lowest BCUT2D eigenvalue weighted by atomic mass is 9.79. The van der Waals surface area contributed by atoms with Gasteiger partial charge in [0.1, 0.15) is 18.7 Å². The van der Waals surface area contributed by atoms with Gasteiger partial charge in [-0.05, 0) is 36.0 Å². The number of nitrogens with two attached hydrogens (primary N) is 1. The molecule has 0 aromatic heterocycles. The molecule has 0 aliphatic carbocycles. The van der Waals surface area contributed by atoms with Crippen molar-refractivity contribution < 1.29 is 23.9 Å². The Morgan fingerprint density at radius 1 is 1.09 bits per heavy atom. The van der Waals surface area contributed by atoms with Crippen LogP contribution in [0.25, 0.3) is 0 Å². The van der Waals surface area contributed by atoms with E-state index in [1.165, 1.54) is 11.9 Å². The Balaban J connectivity index is 1.85. The maximum absolute atomic E-state index is 13.6. The first kappa shape index (κ1) is 25.1. The number of nitrogens with zero attached hydrogens (tertiary/aromatic N) is 1. The zero-order valence-electron chi connectivity index (χ0n) is 19.7. The molecule has 2 aromatic carbocycles. The van der Waals surface area contributed by atoms with E-state index in [2.05, 4.69) is 5.32 Å². The first-order chi connectivity index (χ1) is 16.1. The molecule has 3 amide bonds. The molecule has 0 bridgehead atoms. The summed E-state index contributed by atoms with van der Waals surface area (Å²) in [6.45, 7) is 3.74. The Bertz CT molecular complexity index is 1040. The summed E-state index contributed by atoms with van der Waals surface area (Å²) in [5.74, 6) is -2.11. The van der Waals surface area contributed by atoms with Crippen LogP contribution in [0.2, 0.25) is 0 Å². The fraction of sp³-hybridized carbons (Fsp3) is 0.385. The number of amides is 3. The Kier molecular flexibility index (Phi) is 7.83. The van der Waals surface area contributed by atoms with Crippen molar-refractivity contribution in [2.75, 3.05) is 13.7 Å². The van der Waals surface area contributed by atoms with Crippen molar-refractivity contribution in [1.82, 2.24) is 10.2 Å². The molecule has 3 atom stereocenters. The molecule has 34 heavy (non-hydrogen) atoms. The number of nitrogens with one attached hydrogen (secondary N) is 1. The smallest absolute Gasteiger partial charge is 0.251 e. The first-order valence-electron chi connectivity index (χ1n) is 11.2. The van der Waals surface area contributed by atoms with Crippen LogP contribution in [0.5, 0.6) is 0 Å². The van der Waals surface area contributed by atoms with Crippen LogP contribution < -0.4 is 11.1 Å². The van der Waals surface area contributed by atoms with Gasteiger partial charge >= 0.3 is 0 Å². The average Bonchev–Trinajstić information content (AvgIpc) is 3.20. The molecule has 2 unspecified atom stereocenters. The predicted octanol–water partition coefficient (Wildman–Crippen LogP) is 1.72. The monoisotopic (exact) mass is 465 g/mol. The van der Waals surface area contributed by atoms with Crippen LogP contribution >= 0.6 is 0 Å². The molecule has 0 radical (unpaired) electrons. The van der Waals surface area contributed by atoms with Crippen LogP contribution in [0.4, 0.5) is 0 Å². The van der Waals surface area contributed by atoms with Crippen molar-refractivity contribution in [3.8, 4) is 0 Å². The SMILES string of the molecule is CN(C(=O)[C@H](CC(C)(C)Cc1ccccc1)NC(=O)c1ccccc1)C1C(=O)COC1C(N)=O. The lowest BCUT2D eigenvalue weighted by molar-refractivity contribution is -0.141. The first-order valence-corrected chi connectivity index (χ1v) is 11.2. The lowest BCUT2D eigenvalue weighted by Gasteiger charge is -2.34. The highest BCUT2D eigenvalue weighted by molar-refractivity contribution is 6.01. The second-order valence-corrected chi connectivity index (χ2v) is 9.42. The Morgan fingerprint density at radius 3 is 2.26 bits per heavy atom. The molecule has 0 saturated carbocycles. The summed E-state index contributed by atoms with van der Waals surface area (Å²) in [4.78, 5) is 51.9. The standard InChI is InChI=1S/C26H31N3O5/c1-26(2,14-17-10-6-4-7-11-17)15-19(28-24(32)18-12-8-5-9-13-18)25(33)29(3)21-20(30)16-34-22(21)23(27)31/h4-13,19,21-22H,14-16H2,1-3H3,(H2,27,31)(H,28,32)/t19-,21?,22?/m0/s1. The summed E-state index contributed by atoms with van der Waals surface area (Å²) in [6, 6.07) is 16.4.